The summed E-state index contributed by atoms with van der Waals surface area (Å²) in [4.78, 5) is 21.4. The standard InChI is InChI=1S/C18H25ClN4O2/c1-11(2)23-16-13(7-8-14(19)21-16)20-17(23)22-15(24)10-12-6-5-9-18(3,4)25-12/h7-8,11-12H,5-6,9-10H2,1-4H3,(H,20,22,24)/t12-/m0/s1. The smallest absolute Gasteiger partial charge is 0.229 e. The number of hydrogen-bond donors (Lipinski definition) is 1. The fourth-order valence-electron chi connectivity index (χ4n) is 3.38. The van der Waals surface area contributed by atoms with Crippen molar-refractivity contribution in [2.75, 3.05) is 5.32 Å². The summed E-state index contributed by atoms with van der Waals surface area (Å²) in [5.74, 6) is 0.408. The van der Waals surface area contributed by atoms with E-state index in [9.17, 15) is 4.79 Å². The van der Waals surface area contributed by atoms with Crippen molar-refractivity contribution in [3.63, 3.8) is 0 Å². The first kappa shape index (κ1) is 18.1. The first-order valence-electron chi connectivity index (χ1n) is 8.77. The molecule has 0 radical (unpaired) electrons. The predicted octanol–water partition coefficient (Wildman–Crippen LogP) is 4.34. The molecule has 25 heavy (non-hydrogen) atoms. The lowest BCUT2D eigenvalue weighted by Gasteiger charge is -2.35. The molecule has 0 spiro atoms. The number of anilines is 1. The molecule has 136 valence electrons. The summed E-state index contributed by atoms with van der Waals surface area (Å²) >= 11 is 6.01. The van der Waals surface area contributed by atoms with Gasteiger partial charge in [-0.1, -0.05) is 11.6 Å². The number of aromatic nitrogens is 3. The van der Waals surface area contributed by atoms with Gasteiger partial charge in [0, 0.05) is 6.04 Å². The molecule has 0 unspecified atom stereocenters. The SMILES string of the molecule is CC(C)n1c(NC(=O)C[C@@H]2CCCC(C)(C)O2)nc2ccc(Cl)nc21. The molecule has 2 aromatic rings. The molecule has 0 aromatic carbocycles. The maximum Gasteiger partial charge on any atom is 0.229 e. The third-order valence-electron chi connectivity index (χ3n) is 4.47. The van der Waals surface area contributed by atoms with Gasteiger partial charge in [0.2, 0.25) is 11.9 Å². The van der Waals surface area contributed by atoms with Gasteiger partial charge >= 0.3 is 0 Å². The zero-order valence-corrected chi connectivity index (χ0v) is 15.9. The number of carbonyl (C=O) groups is 1. The Morgan fingerprint density at radius 1 is 1.44 bits per heavy atom. The van der Waals surface area contributed by atoms with Gasteiger partial charge < -0.3 is 4.74 Å². The minimum Gasteiger partial charge on any atom is -0.372 e. The highest BCUT2D eigenvalue weighted by molar-refractivity contribution is 6.29. The monoisotopic (exact) mass is 364 g/mol. The number of ether oxygens (including phenoxy) is 1. The predicted molar refractivity (Wildman–Crippen MR) is 99.0 cm³/mol. The molecule has 1 N–H and O–H groups in total. The third kappa shape index (κ3) is 4.12. The van der Waals surface area contributed by atoms with Crippen molar-refractivity contribution < 1.29 is 9.53 Å². The maximum atomic E-state index is 12.5. The van der Waals surface area contributed by atoms with Crippen molar-refractivity contribution in [3.05, 3.63) is 17.3 Å². The Labute approximate surface area is 152 Å². The summed E-state index contributed by atoms with van der Waals surface area (Å²) in [5, 5.41) is 3.33. The number of rotatable bonds is 4. The summed E-state index contributed by atoms with van der Waals surface area (Å²) in [6.07, 6.45) is 3.31. The first-order chi connectivity index (χ1) is 11.7. The number of carbonyl (C=O) groups excluding carboxylic acids is 1. The van der Waals surface area contributed by atoms with Crippen LogP contribution in [0.1, 0.15) is 59.4 Å². The number of nitrogens with one attached hydrogen (secondary N) is 1. The Kier molecular flexibility index (Phi) is 5.02. The highest BCUT2D eigenvalue weighted by atomic mass is 35.5. The van der Waals surface area contributed by atoms with Gasteiger partial charge in [-0.05, 0) is 59.1 Å². The largest absolute Gasteiger partial charge is 0.372 e. The molecule has 1 fully saturated rings. The van der Waals surface area contributed by atoms with Crippen molar-refractivity contribution in [2.45, 2.75) is 71.1 Å². The van der Waals surface area contributed by atoms with Crippen molar-refractivity contribution in [1.29, 1.82) is 0 Å². The van der Waals surface area contributed by atoms with E-state index in [4.69, 9.17) is 16.3 Å². The van der Waals surface area contributed by atoms with E-state index in [0.29, 0.717) is 28.7 Å². The number of amides is 1. The fourth-order valence-corrected chi connectivity index (χ4v) is 3.52. The molecular formula is C18H25ClN4O2. The molecule has 0 aliphatic carbocycles. The highest BCUT2D eigenvalue weighted by Gasteiger charge is 2.30. The van der Waals surface area contributed by atoms with Crippen molar-refractivity contribution in [2.24, 2.45) is 0 Å². The number of pyridine rings is 1. The van der Waals surface area contributed by atoms with Gasteiger partial charge in [-0.25, -0.2) is 9.97 Å². The quantitative estimate of drug-likeness (QED) is 0.819. The molecule has 0 bridgehead atoms. The van der Waals surface area contributed by atoms with Crippen LogP contribution in [0.2, 0.25) is 5.15 Å². The van der Waals surface area contributed by atoms with Gasteiger partial charge in [0.15, 0.2) is 5.65 Å². The lowest BCUT2D eigenvalue weighted by atomic mass is 9.94. The van der Waals surface area contributed by atoms with Gasteiger partial charge in [0.05, 0.1) is 18.1 Å². The maximum absolute atomic E-state index is 12.5. The van der Waals surface area contributed by atoms with Crippen LogP contribution in [-0.2, 0) is 9.53 Å². The number of halogens is 1. The minimum absolute atomic E-state index is 0.0480. The molecule has 2 aromatic heterocycles. The van der Waals surface area contributed by atoms with Crippen LogP contribution < -0.4 is 5.32 Å². The molecule has 3 rings (SSSR count). The topological polar surface area (TPSA) is 69.0 Å². The van der Waals surface area contributed by atoms with Gasteiger partial charge in [-0.2, -0.15) is 0 Å². The second kappa shape index (κ2) is 6.92. The first-order valence-corrected chi connectivity index (χ1v) is 9.15. The van der Waals surface area contributed by atoms with Crippen LogP contribution in [0.25, 0.3) is 11.2 Å². The Hall–Kier alpha value is -1.66. The van der Waals surface area contributed by atoms with Crippen LogP contribution in [0.4, 0.5) is 5.95 Å². The second-order valence-corrected chi connectivity index (χ2v) is 7.91. The van der Waals surface area contributed by atoms with Gasteiger partial charge in [0.1, 0.15) is 10.7 Å². The lowest BCUT2D eigenvalue weighted by molar-refractivity contribution is -0.131. The molecule has 7 heteroatoms. The van der Waals surface area contributed by atoms with E-state index in [2.05, 4.69) is 29.1 Å². The average molecular weight is 365 g/mol. The Balaban J connectivity index is 1.78. The van der Waals surface area contributed by atoms with Crippen LogP contribution in [0.3, 0.4) is 0 Å². The third-order valence-corrected chi connectivity index (χ3v) is 4.69. The number of nitrogens with zero attached hydrogens (tertiary/aromatic N) is 3. The summed E-state index contributed by atoms with van der Waals surface area (Å²) in [6.45, 7) is 8.19. The zero-order valence-electron chi connectivity index (χ0n) is 15.2. The molecule has 1 aliphatic heterocycles. The lowest BCUT2D eigenvalue weighted by Crippen LogP contribution is -2.37. The Bertz CT molecular complexity index is 785. The van der Waals surface area contributed by atoms with E-state index >= 15 is 0 Å². The molecular weight excluding hydrogens is 340 g/mol. The second-order valence-electron chi connectivity index (χ2n) is 7.52. The molecule has 6 nitrogen and oxygen atoms in total. The van der Waals surface area contributed by atoms with E-state index in [1.165, 1.54) is 0 Å². The Morgan fingerprint density at radius 3 is 2.88 bits per heavy atom. The number of hydrogen-bond acceptors (Lipinski definition) is 4. The molecule has 1 amide bonds. The van der Waals surface area contributed by atoms with Gasteiger partial charge in [-0.15, -0.1) is 0 Å². The van der Waals surface area contributed by atoms with Crippen molar-refractivity contribution in [1.82, 2.24) is 14.5 Å². The van der Waals surface area contributed by atoms with Crippen LogP contribution >= 0.6 is 11.6 Å². The summed E-state index contributed by atoms with van der Waals surface area (Å²) in [5.41, 5.74) is 1.23. The van der Waals surface area contributed by atoms with E-state index in [-0.39, 0.29) is 23.7 Å². The van der Waals surface area contributed by atoms with Crippen LogP contribution in [0.15, 0.2) is 12.1 Å². The van der Waals surface area contributed by atoms with Crippen molar-refractivity contribution in [3.8, 4) is 0 Å². The van der Waals surface area contributed by atoms with Gasteiger partial charge in [-0.3, -0.25) is 14.7 Å². The van der Waals surface area contributed by atoms with Gasteiger partial charge in [0.25, 0.3) is 0 Å². The normalized spacial score (nSPS) is 20.2. The van der Waals surface area contributed by atoms with Crippen molar-refractivity contribution >= 4 is 34.6 Å². The Morgan fingerprint density at radius 2 is 2.20 bits per heavy atom. The number of fused-ring (bicyclic) bond motifs is 1. The van der Waals surface area contributed by atoms with Crippen LogP contribution in [0, 0.1) is 0 Å². The van der Waals surface area contributed by atoms with Crippen LogP contribution in [0.5, 0.6) is 0 Å². The molecule has 1 atom stereocenters. The average Bonchev–Trinajstić information content (AvgIpc) is 2.82. The molecule has 3 heterocycles. The summed E-state index contributed by atoms with van der Waals surface area (Å²) < 4.78 is 7.91. The van der Waals surface area contributed by atoms with E-state index < -0.39 is 0 Å². The molecule has 1 saturated heterocycles. The van der Waals surface area contributed by atoms with E-state index in [1.54, 1.807) is 6.07 Å². The molecule has 0 saturated carbocycles. The fraction of sp³-hybridized carbons (Fsp3) is 0.611. The highest BCUT2D eigenvalue weighted by Crippen LogP contribution is 2.30. The van der Waals surface area contributed by atoms with Crippen LogP contribution in [-0.4, -0.2) is 32.1 Å². The number of imidazole rings is 1. The summed E-state index contributed by atoms with van der Waals surface area (Å²) in [6, 6.07) is 3.60. The zero-order chi connectivity index (χ0) is 18.2. The van der Waals surface area contributed by atoms with E-state index in [0.717, 1.165) is 19.3 Å². The summed E-state index contributed by atoms with van der Waals surface area (Å²) in [7, 11) is 0. The molecule has 1 aliphatic rings. The minimum atomic E-state index is -0.158. The van der Waals surface area contributed by atoms with E-state index in [1.807, 2.05) is 24.5 Å².